The van der Waals surface area contributed by atoms with Crippen molar-refractivity contribution in [2.75, 3.05) is 20.3 Å². The monoisotopic (exact) mass is 546 g/mol. The van der Waals surface area contributed by atoms with Crippen molar-refractivity contribution < 1.29 is 37.4 Å². The molecule has 0 radical (unpaired) electrons. The number of carbonyl (C=O) groups is 1. The molecule has 0 aliphatic heterocycles. The fraction of sp³-hybridized carbons (Fsp3) is 0.500. The van der Waals surface area contributed by atoms with Crippen LogP contribution in [0, 0.1) is 0 Å². The molecule has 206 valence electrons. The van der Waals surface area contributed by atoms with Gasteiger partial charge in [0.1, 0.15) is 23.5 Å². The van der Waals surface area contributed by atoms with Crippen molar-refractivity contribution in [2.45, 2.75) is 50.9 Å². The number of aliphatic hydroxyl groups is 1. The highest BCUT2D eigenvalue weighted by molar-refractivity contribution is 7.52. The average molecular weight is 546 g/mol. The molecule has 0 saturated carbocycles. The summed E-state index contributed by atoms with van der Waals surface area (Å²) in [7, 11) is -3.31. The Morgan fingerprint density at radius 3 is 2.43 bits per heavy atom. The number of rotatable bonds is 14. The van der Waals surface area contributed by atoms with Gasteiger partial charge in [-0.2, -0.15) is 5.09 Å². The summed E-state index contributed by atoms with van der Waals surface area (Å²) in [6.07, 6.45) is -4.18. The number of para-hydroxylation sites is 1. The number of H-pyrrole nitrogens is 1. The summed E-state index contributed by atoms with van der Waals surface area (Å²) in [5.41, 5.74) is 1.84. The zero-order valence-corrected chi connectivity index (χ0v) is 21.7. The van der Waals surface area contributed by atoms with Crippen LogP contribution in [0.2, 0.25) is 0 Å². The first-order chi connectivity index (χ1) is 17.4. The molecule has 37 heavy (non-hydrogen) atoms. The van der Waals surface area contributed by atoms with Gasteiger partial charge in [0, 0.05) is 25.9 Å². The minimum absolute atomic E-state index is 0.113. The fourth-order valence-corrected chi connectivity index (χ4v) is 4.63. The highest BCUT2D eigenvalue weighted by atomic mass is 31.2. The average Bonchev–Trinajstić information content (AvgIpc) is 2.84. The van der Waals surface area contributed by atoms with E-state index in [-0.39, 0.29) is 5.75 Å². The number of alkyl halides is 1. The highest BCUT2D eigenvalue weighted by Crippen LogP contribution is 2.46. The first kappa shape index (κ1) is 30.4. The number of nitrogens with zero attached hydrogens (tertiary/aromatic N) is 1. The third-order valence-electron chi connectivity index (χ3n) is 5.17. The molecule has 0 aliphatic rings. The Labute approximate surface area is 212 Å². The number of aromatic amines is 1. The van der Waals surface area contributed by atoms with Crippen LogP contribution < -0.4 is 26.6 Å². The van der Waals surface area contributed by atoms with Gasteiger partial charge in [-0.05, 0) is 32.9 Å². The smallest absolute Gasteiger partial charge is 0.459 e. The van der Waals surface area contributed by atoms with Gasteiger partial charge in [-0.15, -0.1) is 0 Å². The Morgan fingerprint density at radius 2 is 1.89 bits per heavy atom. The predicted octanol–water partition coefficient (Wildman–Crippen LogP) is 0.843. The maximum atomic E-state index is 15.2. The minimum Gasteiger partial charge on any atom is -0.462 e. The second kappa shape index (κ2) is 13.1. The van der Waals surface area contributed by atoms with Gasteiger partial charge in [0.25, 0.3) is 5.56 Å². The molecule has 2 rings (SSSR count). The second-order valence-corrected chi connectivity index (χ2v) is 10.0. The van der Waals surface area contributed by atoms with Gasteiger partial charge in [0.2, 0.25) is 6.30 Å². The summed E-state index contributed by atoms with van der Waals surface area (Å²) in [5.74, 6) is -0.629. The topological polar surface area (TPSA) is 184 Å². The molecule has 0 bridgehead atoms. The fourth-order valence-electron chi connectivity index (χ4n) is 3.08. The molecule has 0 amide bonds. The van der Waals surface area contributed by atoms with E-state index in [1.807, 2.05) is 4.98 Å². The molecule has 5 atom stereocenters. The summed E-state index contributed by atoms with van der Waals surface area (Å²) in [6, 6.07) is 7.59. The van der Waals surface area contributed by atoms with Gasteiger partial charge in [0.05, 0.1) is 12.7 Å². The van der Waals surface area contributed by atoms with E-state index >= 15 is 4.39 Å². The third-order valence-corrected chi connectivity index (χ3v) is 6.80. The number of benzene rings is 1. The summed E-state index contributed by atoms with van der Waals surface area (Å²) in [4.78, 5) is 37.5. The normalized spacial score (nSPS) is 17.3. The zero-order chi connectivity index (χ0) is 27.8. The SMILES string of the molecule is CO[C@](CN)(COP(=O)(NC(C)C(=O)OC(C)C)Oc1ccccc1)[C@@H](O)[C@@H](F)n1ccc(=O)[nH]c1=O. The van der Waals surface area contributed by atoms with Crippen LogP contribution in [0.1, 0.15) is 27.1 Å². The number of halogens is 1. The van der Waals surface area contributed by atoms with Crippen LogP contribution in [-0.2, 0) is 23.4 Å². The zero-order valence-electron chi connectivity index (χ0n) is 20.8. The number of methoxy groups -OCH3 is 1. The second-order valence-electron chi connectivity index (χ2n) is 8.32. The lowest BCUT2D eigenvalue weighted by Crippen LogP contribution is -2.57. The van der Waals surface area contributed by atoms with E-state index in [1.54, 1.807) is 32.0 Å². The predicted molar refractivity (Wildman–Crippen MR) is 131 cm³/mol. The maximum Gasteiger partial charge on any atom is 0.459 e. The lowest BCUT2D eigenvalue weighted by atomic mass is 9.96. The standard InChI is InChI=1S/C22H32FN4O9P/c1-14(2)35-20(30)15(3)26-37(32,36-16-8-6-5-7-9-16)34-13-22(12-24,33-4)18(29)19(23)27-11-10-17(28)25-21(27)31/h5-11,14-15,18-19,29H,12-13,24H2,1-4H3,(H,26,32)(H,25,28,31)/t15?,18-,19-,22+,37?/m0/s1. The Kier molecular flexibility index (Phi) is 10.7. The summed E-state index contributed by atoms with van der Waals surface area (Å²) in [5, 5.41) is 13.2. The van der Waals surface area contributed by atoms with E-state index in [4.69, 9.17) is 24.3 Å². The molecule has 1 aromatic heterocycles. The van der Waals surface area contributed by atoms with Crippen molar-refractivity contribution >= 4 is 13.7 Å². The molecular formula is C22H32FN4O9P. The molecule has 13 nitrogen and oxygen atoms in total. The highest BCUT2D eigenvalue weighted by Gasteiger charge is 2.46. The van der Waals surface area contributed by atoms with E-state index < -0.39 is 68.3 Å². The summed E-state index contributed by atoms with van der Waals surface area (Å²) < 4.78 is 50.7. The number of nitrogens with two attached hydrogens (primary N) is 1. The third kappa shape index (κ3) is 8.06. The molecule has 0 fully saturated rings. The van der Waals surface area contributed by atoms with Crippen molar-refractivity contribution in [3.63, 3.8) is 0 Å². The lowest BCUT2D eigenvalue weighted by molar-refractivity contribution is -0.155. The molecule has 0 spiro atoms. The van der Waals surface area contributed by atoms with E-state index in [9.17, 15) is 24.1 Å². The van der Waals surface area contributed by atoms with Crippen molar-refractivity contribution in [3.05, 3.63) is 63.4 Å². The van der Waals surface area contributed by atoms with Gasteiger partial charge in [-0.3, -0.25) is 23.7 Å². The number of nitrogens with one attached hydrogen (secondary N) is 2. The van der Waals surface area contributed by atoms with Crippen LogP contribution in [-0.4, -0.2) is 64.7 Å². The van der Waals surface area contributed by atoms with Crippen molar-refractivity contribution in [3.8, 4) is 5.75 Å². The number of esters is 1. The minimum atomic E-state index is -4.41. The number of hydrogen-bond donors (Lipinski definition) is 4. The van der Waals surface area contributed by atoms with E-state index in [0.29, 0.717) is 4.57 Å². The Hall–Kier alpha value is -2.87. The van der Waals surface area contributed by atoms with Crippen LogP contribution in [0.5, 0.6) is 5.75 Å². The van der Waals surface area contributed by atoms with E-state index in [1.165, 1.54) is 19.1 Å². The number of aliphatic hydroxyl groups excluding tert-OH is 1. The van der Waals surface area contributed by atoms with Crippen molar-refractivity contribution in [2.24, 2.45) is 5.73 Å². The molecule has 1 heterocycles. The van der Waals surface area contributed by atoms with Gasteiger partial charge in [0.15, 0.2) is 0 Å². The maximum absolute atomic E-state index is 15.2. The first-order valence-electron chi connectivity index (χ1n) is 11.2. The number of aromatic nitrogens is 2. The first-order valence-corrected chi connectivity index (χ1v) is 12.8. The largest absolute Gasteiger partial charge is 0.462 e. The van der Waals surface area contributed by atoms with Crippen LogP contribution in [0.25, 0.3) is 0 Å². The van der Waals surface area contributed by atoms with E-state index in [2.05, 4.69) is 5.09 Å². The molecule has 0 saturated heterocycles. The number of hydrogen-bond acceptors (Lipinski definition) is 10. The van der Waals surface area contributed by atoms with Crippen LogP contribution in [0.4, 0.5) is 4.39 Å². The molecule has 2 aromatic rings. The lowest BCUT2D eigenvalue weighted by Gasteiger charge is -2.37. The molecule has 1 aromatic carbocycles. The van der Waals surface area contributed by atoms with Crippen LogP contribution in [0.15, 0.2) is 52.2 Å². The molecule has 0 aliphatic carbocycles. The van der Waals surface area contributed by atoms with Crippen LogP contribution in [0.3, 0.4) is 0 Å². The number of carbonyl (C=O) groups excluding carboxylic acids is 1. The van der Waals surface area contributed by atoms with Gasteiger partial charge in [-0.1, -0.05) is 18.2 Å². The van der Waals surface area contributed by atoms with Crippen LogP contribution >= 0.6 is 7.75 Å². The Bertz CT molecular complexity index is 1190. The molecule has 15 heteroatoms. The van der Waals surface area contributed by atoms with Gasteiger partial charge in [-0.25, -0.2) is 13.8 Å². The van der Waals surface area contributed by atoms with E-state index in [0.717, 1.165) is 19.4 Å². The summed E-state index contributed by atoms with van der Waals surface area (Å²) >= 11 is 0. The molecule has 2 unspecified atom stereocenters. The van der Waals surface area contributed by atoms with Gasteiger partial charge < -0.3 is 24.8 Å². The van der Waals surface area contributed by atoms with Crippen molar-refractivity contribution in [1.82, 2.24) is 14.6 Å². The molecule has 5 N–H and O–H groups in total. The molecular weight excluding hydrogens is 514 g/mol. The Balaban J connectivity index is 2.34. The Morgan fingerprint density at radius 1 is 1.24 bits per heavy atom. The quantitative estimate of drug-likeness (QED) is 0.194. The number of ether oxygens (including phenoxy) is 2. The summed E-state index contributed by atoms with van der Waals surface area (Å²) in [6.45, 7) is 3.29. The van der Waals surface area contributed by atoms with Gasteiger partial charge >= 0.3 is 19.4 Å². The van der Waals surface area contributed by atoms with Crippen molar-refractivity contribution in [1.29, 1.82) is 0 Å².